The van der Waals surface area contributed by atoms with E-state index in [1.807, 2.05) is 0 Å². The average molecular weight is 417 g/mol. The SMILES string of the molecule is CCOC(=O)c1c(NC(=O)COC(=O)[C@@H](C)Oc2ccccc2)oc(C)c1C(C)=O. The number of benzene rings is 1. The van der Waals surface area contributed by atoms with Gasteiger partial charge in [-0.1, -0.05) is 18.2 Å². The van der Waals surface area contributed by atoms with E-state index in [1.54, 1.807) is 37.3 Å². The van der Waals surface area contributed by atoms with Crippen LogP contribution in [0.25, 0.3) is 0 Å². The van der Waals surface area contributed by atoms with Crippen LogP contribution in [0.4, 0.5) is 5.88 Å². The fourth-order valence-electron chi connectivity index (χ4n) is 2.62. The third-order valence-corrected chi connectivity index (χ3v) is 3.90. The van der Waals surface area contributed by atoms with E-state index in [-0.39, 0.29) is 29.4 Å². The molecule has 0 fully saturated rings. The predicted molar refractivity (Wildman–Crippen MR) is 106 cm³/mol. The molecule has 1 atom stereocenters. The lowest BCUT2D eigenvalue weighted by Gasteiger charge is -2.13. The summed E-state index contributed by atoms with van der Waals surface area (Å²) in [6.45, 7) is 5.28. The number of esters is 2. The molecule has 0 aliphatic rings. The number of aryl methyl sites for hydroxylation is 1. The molecular weight excluding hydrogens is 394 g/mol. The highest BCUT2D eigenvalue weighted by Crippen LogP contribution is 2.28. The van der Waals surface area contributed by atoms with Crippen LogP contribution < -0.4 is 10.1 Å². The van der Waals surface area contributed by atoms with Gasteiger partial charge in [0.05, 0.1) is 12.2 Å². The van der Waals surface area contributed by atoms with Gasteiger partial charge in [0.15, 0.2) is 18.5 Å². The highest BCUT2D eigenvalue weighted by Gasteiger charge is 2.29. The molecule has 1 amide bonds. The van der Waals surface area contributed by atoms with Crippen LogP contribution in [-0.2, 0) is 19.1 Å². The van der Waals surface area contributed by atoms with E-state index in [2.05, 4.69) is 5.32 Å². The highest BCUT2D eigenvalue weighted by atomic mass is 16.6. The van der Waals surface area contributed by atoms with Crippen LogP contribution in [-0.4, -0.2) is 42.9 Å². The number of nitrogens with one attached hydrogen (secondary N) is 1. The molecule has 0 aliphatic carbocycles. The van der Waals surface area contributed by atoms with Gasteiger partial charge in [-0.15, -0.1) is 0 Å². The van der Waals surface area contributed by atoms with Crippen molar-refractivity contribution in [1.82, 2.24) is 0 Å². The predicted octanol–water partition coefficient (Wildman–Crippen LogP) is 2.92. The largest absolute Gasteiger partial charge is 0.479 e. The lowest BCUT2D eigenvalue weighted by Crippen LogP contribution is -2.30. The third kappa shape index (κ3) is 5.69. The zero-order chi connectivity index (χ0) is 22.3. The van der Waals surface area contributed by atoms with Gasteiger partial charge in [-0.05, 0) is 39.8 Å². The lowest BCUT2D eigenvalue weighted by atomic mass is 10.1. The molecule has 0 unspecified atom stereocenters. The van der Waals surface area contributed by atoms with Gasteiger partial charge in [0.2, 0.25) is 5.88 Å². The van der Waals surface area contributed by atoms with E-state index in [4.69, 9.17) is 18.6 Å². The summed E-state index contributed by atoms with van der Waals surface area (Å²) in [5.74, 6) is -2.35. The molecule has 0 radical (unpaired) electrons. The second-order valence-corrected chi connectivity index (χ2v) is 6.24. The monoisotopic (exact) mass is 417 g/mol. The topological polar surface area (TPSA) is 121 Å². The van der Waals surface area contributed by atoms with Gasteiger partial charge in [0.1, 0.15) is 17.1 Å². The van der Waals surface area contributed by atoms with Crippen LogP contribution in [0.3, 0.4) is 0 Å². The van der Waals surface area contributed by atoms with E-state index in [9.17, 15) is 19.2 Å². The third-order valence-electron chi connectivity index (χ3n) is 3.90. The Bertz CT molecular complexity index is 932. The molecule has 1 aromatic heterocycles. The minimum atomic E-state index is -0.939. The lowest BCUT2D eigenvalue weighted by molar-refractivity contribution is -0.153. The molecule has 0 spiro atoms. The summed E-state index contributed by atoms with van der Waals surface area (Å²) in [4.78, 5) is 48.3. The number of para-hydroxylation sites is 1. The summed E-state index contributed by atoms with van der Waals surface area (Å²) >= 11 is 0. The van der Waals surface area contributed by atoms with Crippen molar-refractivity contribution in [2.24, 2.45) is 0 Å². The summed E-state index contributed by atoms with van der Waals surface area (Å²) in [6, 6.07) is 8.67. The molecule has 1 heterocycles. The summed E-state index contributed by atoms with van der Waals surface area (Å²) < 4.78 is 20.7. The first-order chi connectivity index (χ1) is 14.2. The van der Waals surface area contributed by atoms with E-state index < -0.39 is 36.3 Å². The normalized spacial score (nSPS) is 11.3. The molecule has 160 valence electrons. The van der Waals surface area contributed by atoms with E-state index >= 15 is 0 Å². The number of anilines is 1. The Kier molecular flexibility index (Phi) is 7.74. The van der Waals surface area contributed by atoms with Crippen LogP contribution >= 0.6 is 0 Å². The standard InChI is InChI=1S/C21H23NO8/c1-5-27-21(26)18-17(12(2)23)13(3)30-19(18)22-16(24)11-28-20(25)14(4)29-15-9-7-6-8-10-15/h6-10,14H,5,11H2,1-4H3,(H,22,24)/t14-/m1/s1. The number of hydrogen-bond acceptors (Lipinski definition) is 8. The van der Waals surface area contributed by atoms with Crippen molar-refractivity contribution in [3.8, 4) is 5.75 Å². The smallest absolute Gasteiger partial charge is 0.347 e. The fourth-order valence-corrected chi connectivity index (χ4v) is 2.62. The molecule has 9 heteroatoms. The number of amides is 1. The Balaban J connectivity index is 2.02. The Hall–Kier alpha value is -3.62. The Morgan fingerprint density at radius 2 is 1.73 bits per heavy atom. The maximum Gasteiger partial charge on any atom is 0.347 e. The van der Waals surface area contributed by atoms with Crippen molar-refractivity contribution in [2.45, 2.75) is 33.8 Å². The molecule has 2 aromatic rings. The minimum absolute atomic E-state index is 0.0191. The molecule has 1 aromatic carbocycles. The second-order valence-electron chi connectivity index (χ2n) is 6.24. The van der Waals surface area contributed by atoms with Crippen LogP contribution in [0.1, 0.15) is 47.2 Å². The molecule has 1 N–H and O–H groups in total. The molecule has 9 nitrogen and oxygen atoms in total. The van der Waals surface area contributed by atoms with Crippen molar-refractivity contribution in [3.63, 3.8) is 0 Å². The van der Waals surface area contributed by atoms with Crippen LogP contribution in [0.15, 0.2) is 34.7 Å². The molecule has 30 heavy (non-hydrogen) atoms. The Morgan fingerprint density at radius 3 is 2.33 bits per heavy atom. The minimum Gasteiger partial charge on any atom is -0.479 e. The maximum atomic E-state index is 12.2. The number of carbonyl (C=O) groups is 4. The number of rotatable bonds is 9. The molecule has 0 saturated heterocycles. The molecule has 0 aliphatic heterocycles. The number of Topliss-reactive ketones (excluding diaryl/α,β-unsaturated/α-hetero) is 1. The Morgan fingerprint density at radius 1 is 1.07 bits per heavy atom. The first kappa shape index (κ1) is 22.7. The molecular formula is C21H23NO8. The quantitative estimate of drug-likeness (QED) is 0.488. The van der Waals surface area contributed by atoms with Crippen molar-refractivity contribution < 1.29 is 37.8 Å². The first-order valence-electron chi connectivity index (χ1n) is 9.24. The Labute approximate surface area is 173 Å². The van der Waals surface area contributed by atoms with Crippen molar-refractivity contribution in [1.29, 1.82) is 0 Å². The van der Waals surface area contributed by atoms with Crippen LogP contribution in [0, 0.1) is 6.92 Å². The van der Waals surface area contributed by atoms with Crippen molar-refractivity contribution in [2.75, 3.05) is 18.5 Å². The zero-order valence-corrected chi connectivity index (χ0v) is 17.1. The van der Waals surface area contributed by atoms with Crippen LogP contribution in [0.5, 0.6) is 5.75 Å². The van der Waals surface area contributed by atoms with Crippen molar-refractivity contribution in [3.05, 3.63) is 47.2 Å². The summed E-state index contributed by atoms with van der Waals surface area (Å²) in [5.41, 5.74) is -0.159. The summed E-state index contributed by atoms with van der Waals surface area (Å²) in [5, 5.41) is 2.33. The fraction of sp³-hybridized carbons (Fsp3) is 0.333. The van der Waals surface area contributed by atoms with Gasteiger partial charge in [0.25, 0.3) is 5.91 Å². The number of carbonyl (C=O) groups excluding carboxylic acids is 4. The molecule has 2 rings (SSSR count). The second kappa shape index (κ2) is 10.2. The summed E-state index contributed by atoms with van der Waals surface area (Å²) in [7, 11) is 0. The van der Waals surface area contributed by atoms with Gasteiger partial charge in [0, 0.05) is 0 Å². The van der Waals surface area contributed by atoms with E-state index in [0.717, 1.165) is 0 Å². The van der Waals surface area contributed by atoms with Gasteiger partial charge in [-0.3, -0.25) is 14.9 Å². The number of ketones is 1. The number of hydrogen-bond donors (Lipinski definition) is 1. The first-order valence-corrected chi connectivity index (χ1v) is 9.24. The molecule has 0 bridgehead atoms. The van der Waals surface area contributed by atoms with Gasteiger partial charge >= 0.3 is 11.9 Å². The summed E-state index contributed by atoms with van der Waals surface area (Å²) in [6.07, 6.45) is -0.939. The van der Waals surface area contributed by atoms with Crippen molar-refractivity contribution >= 4 is 29.5 Å². The van der Waals surface area contributed by atoms with E-state index in [0.29, 0.717) is 5.75 Å². The van der Waals surface area contributed by atoms with Gasteiger partial charge in [-0.25, -0.2) is 9.59 Å². The zero-order valence-electron chi connectivity index (χ0n) is 17.1. The maximum absolute atomic E-state index is 12.2. The molecule has 0 saturated carbocycles. The number of furan rings is 1. The highest BCUT2D eigenvalue weighted by molar-refractivity contribution is 6.10. The van der Waals surface area contributed by atoms with E-state index in [1.165, 1.54) is 20.8 Å². The van der Waals surface area contributed by atoms with Gasteiger partial charge in [-0.2, -0.15) is 0 Å². The van der Waals surface area contributed by atoms with Crippen LogP contribution in [0.2, 0.25) is 0 Å². The van der Waals surface area contributed by atoms with Gasteiger partial charge < -0.3 is 18.6 Å². The average Bonchev–Trinajstić information content (AvgIpc) is 3.02. The number of ether oxygens (including phenoxy) is 3.